The third kappa shape index (κ3) is 4.18. The minimum Gasteiger partial charge on any atom is -0.313 e. The highest BCUT2D eigenvalue weighted by atomic mass is 35.5. The summed E-state index contributed by atoms with van der Waals surface area (Å²) < 4.78 is 14.0. The van der Waals surface area contributed by atoms with E-state index in [1.165, 1.54) is 19.3 Å². The predicted molar refractivity (Wildman–Crippen MR) is 82.6 cm³/mol. The van der Waals surface area contributed by atoms with Crippen LogP contribution in [0.4, 0.5) is 4.39 Å². The molecule has 0 amide bonds. The Balaban J connectivity index is 2.03. The first kappa shape index (κ1) is 15.7. The molecule has 0 aliphatic carbocycles. The number of hydrogen-bond acceptors (Lipinski definition) is 2. The maximum Gasteiger partial charge on any atom is 0.146 e. The maximum atomic E-state index is 14.0. The van der Waals surface area contributed by atoms with Crippen molar-refractivity contribution in [1.82, 2.24) is 10.2 Å². The first-order valence-corrected chi connectivity index (χ1v) is 7.86. The lowest BCUT2D eigenvalue weighted by atomic mass is 10.0. The van der Waals surface area contributed by atoms with E-state index in [1.54, 1.807) is 6.07 Å². The van der Waals surface area contributed by atoms with Crippen molar-refractivity contribution in [2.45, 2.75) is 51.7 Å². The number of halogens is 2. The summed E-state index contributed by atoms with van der Waals surface area (Å²) in [6, 6.07) is 6.15. The highest BCUT2D eigenvalue weighted by molar-refractivity contribution is 6.30. The second-order valence-corrected chi connectivity index (χ2v) is 6.29. The summed E-state index contributed by atoms with van der Waals surface area (Å²) in [6.07, 6.45) is 3.76. The molecule has 4 heteroatoms. The summed E-state index contributed by atoms with van der Waals surface area (Å²) in [5, 5.41) is 3.76. The summed E-state index contributed by atoms with van der Waals surface area (Å²) in [6.45, 7) is 6.99. The number of rotatable bonds is 5. The summed E-state index contributed by atoms with van der Waals surface area (Å²) in [7, 11) is 0. The highest BCUT2D eigenvalue weighted by Crippen LogP contribution is 2.21. The van der Waals surface area contributed by atoms with Crippen LogP contribution >= 0.6 is 11.6 Å². The van der Waals surface area contributed by atoms with Crippen LogP contribution in [0.15, 0.2) is 18.2 Å². The van der Waals surface area contributed by atoms with E-state index in [0.717, 1.165) is 13.1 Å². The van der Waals surface area contributed by atoms with Crippen molar-refractivity contribution in [3.05, 3.63) is 34.6 Å². The van der Waals surface area contributed by atoms with Crippen molar-refractivity contribution < 1.29 is 4.39 Å². The molecule has 1 saturated heterocycles. The van der Waals surface area contributed by atoms with Crippen molar-refractivity contribution in [3.8, 4) is 0 Å². The number of hydrogen-bond donors (Lipinski definition) is 1. The van der Waals surface area contributed by atoms with Gasteiger partial charge in [-0.25, -0.2) is 4.39 Å². The van der Waals surface area contributed by atoms with Crippen molar-refractivity contribution >= 4 is 11.6 Å². The fraction of sp³-hybridized carbons (Fsp3) is 0.625. The fourth-order valence-corrected chi connectivity index (χ4v) is 2.90. The van der Waals surface area contributed by atoms with E-state index >= 15 is 0 Å². The summed E-state index contributed by atoms with van der Waals surface area (Å²) >= 11 is 5.86. The van der Waals surface area contributed by atoms with Gasteiger partial charge in [0.25, 0.3) is 0 Å². The fourth-order valence-electron chi connectivity index (χ4n) is 2.71. The largest absolute Gasteiger partial charge is 0.313 e. The van der Waals surface area contributed by atoms with Crippen LogP contribution in [0.3, 0.4) is 0 Å². The molecule has 0 aromatic heterocycles. The Kier molecular flexibility index (Phi) is 5.82. The van der Waals surface area contributed by atoms with Gasteiger partial charge in [0, 0.05) is 30.7 Å². The Morgan fingerprint density at radius 2 is 2.20 bits per heavy atom. The quantitative estimate of drug-likeness (QED) is 0.889. The smallest absolute Gasteiger partial charge is 0.146 e. The lowest BCUT2D eigenvalue weighted by Crippen LogP contribution is -2.45. The van der Waals surface area contributed by atoms with Gasteiger partial charge in [-0.3, -0.25) is 4.90 Å². The summed E-state index contributed by atoms with van der Waals surface area (Å²) in [5.74, 6) is -0.281. The monoisotopic (exact) mass is 298 g/mol. The van der Waals surface area contributed by atoms with Gasteiger partial charge < -0.3 is 5.32 Å². The minimum absolute atomic E-state index is 0.210. The van der Waals surface area contributed by atoms with Gasteiger partial charge in [0.15, 0.2) is 0 Å². The average Bonchev–Trinajstić information content (AvgIpc) is 2.44. The highest BCUT2D eigenvalue weighted by Gasteiger charge is 2.20. The Morgan fingerprint density at radius 1 is 1.40 bits per heavy atom. The Morgan fingerprint density at radius 3 is 2.85 bits per heavy atom. The van der Waals surface area contributed by atoms with E-state index in [4.69, 9.17) is 11.6 Å². The van der Waals surface area contributed by atoms with Gasteiger partial charge in [0.05, 0.1) is 5.02 Å². The molecule has 112 valence electrons. The van der Waals surface area contributed by atoms with Crippen LogP contribution < -0.4 is 5.32 Å². The number of nitrogens with one attached hydrogen (secondary N) is 1. The van der Waals surface area contributed by atoms with E-state index in [-0.39, 0.29) is 10.8 Å². The Hall–Kier alpha value is -0.640. The SMILES string of the molecule is CC(C)N(Cc1cccc(Cl)c1F)CC1CCCCN1. The lowest BCUT2D eigenvalue weighted by molar-refractivity contribution is 0.175. The normalized spacial score (nSPS) is 19.8. The summed E-state index contributed by atoms with van der Waals surface area (Å²) in [5.41, 5.74) is 0.682. The van der Waals surface area contributed by atoms with E-state index in [0.29, 0.717) is 24.2 Å². The molecule has 1 aliphatic rings. The number of benzene rings is 1. The van der Waals surface area contributed by atoms with E-state index in [2.05, 4.69) is 24.1 Å². The molecule has 1 atom stereocenters. The van der Waals surface area contributed by atoms with Gasteiger partial charge >= 0.3 is 0 Å². The molecule has 2 rings (SSSR count). The van der Waals surface area contributed by atoms with Crippen molar-refractivity contribution in [2.75, 3.05) is 13.1 Å². The third-order valence-electron chi connectivity index (χ3n) is 4.00. The van der Waals surface area contributed by atoms with Crippen LogP contribution in [0.1, 0.15) is 38.7 Å². The molecule has 1 aromatic rings. The standard InChI is InChI=1S/C16H24ClFN2/c1-12(2)20(11-14-7-3-4-9-19-14)10-13-6-5-8-15(17)16(13)18/h5-6,8,12,14,19H,3-4,7,9-11H2,1-2H3. The number of nitrogens with zero attached hydrogens (tertiary/aromatic N) is 1. The zero-order valence-corrected chi connectivity index (χ0v) is 13.1. The van der Waals surface area contributed by atoms with E-state index in [9.17, 15) is 4.39 Å². The van der Waals surface area contributed by atoms with Gasteiger partial charge in [-0.05, 0) is 39.3 Å². The number of piperidine rings is 1. The van der Waals surface area contributed by atoms with Crippen LogP contribution in [-0.4, -0.2) is 30.1 Å². The molecule has 1 unspecified atom stereocenters. The van der Waals surface area contributed by atoms with Crippen LogP contribution in [0.2, 0.25) is 5.02 Å². The van der Waals surface area contributed by atoms with Crippen molar-refractivity contribution in [1.29, 1.82) is 0 Å². The molecule has 1 fully saturated rings. The molecule has 0 radical (unpaired) electrons. The summed E-state index contributed by atoms with van der Waals surface area (Å²) in [4.78, 5) is 2.32. The van der Waals surface area contributed by atoms with E-state index < -0.39 is 0 Å². The average molecular weight is 299 g/mol. The topological polar surface area (TPSA) is 15.3 Å². The molecular weight excluding hydrogens is 275 g/mol. The van der Waals surface area contributed by atoms with Gasteiger partial charge in [0.1, 0.15) is 5.82 Å². The van der Waals surface area contributed by atoms with Gasteiger partial charge in [-0.2, -0.15) is 0 Å². The molecule has 2 nitrogen and oxygen atoms in total. The molecule has 1 N–H and O–H groups in total. The maximum absolute atomic E-state index is 14.0. The lowest BCUT2D eigenvalue weighted by Gasteiger charge is -2.33. The molecule has 0 saturated carbocycles. The van der Waals surface area contributed by atoms with Gasteiger partial charge in [0.2, 0.25) is 0 Å². The zero-order chi connectivity index (χ0) is 14.5. The molecule has 0 spiro atoms. The molecular formula is C16H24ClFN2. The molecule has 1 aromatic carbocycles. The van der Waals surface area contributed by atoms with Gasteiger partial charge in [-0.15, -0.1) is 0 Å². The second-order valence-electron chi connectivity index (χ2n) is 5.88. The van der Waals surface area contributed by atoms with Crippen molar-refractivity contribution in [2.24, 2.45) is 0 Å². The first-order valence-electron chi connectivity index (χ1n) is 7.48. The molecule has 1 heterocycles. The van der Waals surface area contributed by atoms with Gasteiger partial charge in [-0.1, -0.05) is 30.2 Å². The van der Waals surface area contributed by atoms with E-state index in [1.807, 2.05) is 12.1 Å². The molecule has 0 bridgehead atoms. The molecule has 20 heavy (non-hydrogen) atoms. The Bertz CT molecular complexity index is 430. The minimum atomic E-state index is -0.281. The first-order chi connectivity index (χ1) is 9.58. The molecule has 1 aliphatic heterocycles. The predicted octanol–water partition coefficient (Wildman–Crippen LogP) is 3.83. The van der Waals surface area contributed by atoms with Crippen LogP contribution in [0, 0.1) is 5.82 Å². The third-order valence-corrected chi connectivity index (χ3v) is 4.29. The van der Waals surface area contributed by atoms with Crippen molar-refractivity contribution in [3.63, 3.8) is 0 Å². The second kappa shape index (κ2) is 7.39. The van der Waals surface area contributed by atoms with Crippen LogP contribution in [-0.2, 0) is 6.54 Å². The Labute approximate surface area is 126 Å². The van der Waals surface area contributed by atoms with Crippen LogP contribution in [0.25, 0.3) is 0 Å². The zero-order valence-electron chi connectivity index (χ0n) is 12.3. The van der Waals surface area contributed by atoms with Crippen LogP contribution in [0.5, 0.6) is 0 Å².